The number of carbonyl (C=O) groups excluding carboxylic acids is 2. The molecule has 3 unspecified atom stereocenters. The molecule has 7 heteroatoms. The first-order valence-electron chi connectivity index (χ1n) is 9.00. The maximum Gasteiger partial charge on any atom is 1.00 e. The normalized spacial score (nSPS) is 26.5. The third-order valence-electron chi connectivity index (χ3n) is 4.61. The van der Waals surface area contributed by atoms with Gasteiger partial charge in [0.25, 0.3) is 0 Å². The van der Waals surface area contributed by atoms with Crippen LogP contribution in [0.5, 0.6) is 0 Å². The Balaban J connectivity index is 0.000000910. The number of nitrogens with zero attached hydrogens (tertiary/aromatic N) is 2. The fourth-order valence-corrected chi connectivity index (χ4v) is 3.78. The molecule has 0 saturated carbocycles. The Labute approximate surface area is 196 Å². The number of rotatable bonds is 6. The van der Waals surface area contributed by atoms with Gasteiger partial charge in [-0.1, -0.05) is 50.6 Å². The van der Waals surface area contributed by atoms with E-state index in [-0.39, 0.29) is 41.5 Å². The van der Waals surface area contributed by atoms with Gasteiger partial charge in [0.2, 0.25) is 5.91 Å². The maximum atomic E-state index is 11.6. The summed E-state index contributed by atoms with van der Waals surface area (Å²) in [6, 6.07) is 12.2. The monoisotopic (exact) mass is 410 g/mol. The summed E-state index contributed by atoms with van der Waals surface area (Å²) in [7, 11) is 0. The van der Waals surface area contributed by atoms with Crippen molar-refractivity contribution < 1.29 is 39.1 Å². The molecule has 0 radical (unpaired) electrons. The molecule has 0 aliphatic carbocycles. The summed E-state index contributed by atoms with van der Waals surface area (Å²) in [4.78, 5) is 23.4. The Hall–Kier alpha value is -0.840. The van der Waals surface area contributed by atoms with Crippen LogP contribution in [0.2, 0.25) is 0 Å². The summed E-state index contributed by atoms with van der Waals surface area (Å²) in [6.07, 6.45) is 2.89. The van der Waals surface area contributed by atoms with Gasteiger partial charge in [0.1, 0.15) is 0 Å². The Bertz CT molecular complexity index is 680. The van der Waals surface area contributed by atoms with Crippen LogP contribution in [0.1, 0.15) is 45.2 Å². The third kappa shape index (κ3) is 6.89. The molecular weight excluding hydrogens is 381 g/mol. The van der Waals surface area contributed by atoms with E-state index in [9.17, 15) is 14.9 Å². The molecule has 1 saturated heterocycles. The molecule has 1 aliphatic heterocycles. The molecular formula is C21H29N3NaO2S-. The molecule has 0 spiro atoms. The molecule has 28 heavy (non-hydrogen) atoms. The van der Waals surface area contributed by atoms with Gasteiger partial charge in [-0.3, -0.25) is 11.1 Å². The van der Waals surface area contributed by atoms with Gasteiger partial charge >= 0.3 is 29.6 Å². The van der Waals surface area contributed by atoms with Crippen molar-refractivity contribution in [2.24, 2.45) is 17.1 Å². The third-order valence-corrected chi connectivity index (χ3v) is 4.83. The smallest absolute Gasteiger partial charge is 0.543 e. The molecule has 0 aromatic heterocycles. The van der Waals surface area contributed by atoms with Gasteiger partial charge in [-0.05, 0) is 30.7 Å². The Morgan fingerprint density at radius 3 is 2.39 bits per heavy atom. The molecule has 1 aliphatic rings. The van der Waals surface area contributed by atoms with E-state index in [1.54, 1.807) is 0 Å². The molecule has 1 fully saturated rings. The molecule has 1 amide bonds. The van der Waals surface area contributed by atoms with Gasteiger partial charge in [0.05, 0.1) is 11.5 Å². The summed E-state index contributed by atoms with van der Waals surface area (Å²) in [5.74, 6) is 0.645. The Kier molecular flexibility index (Phi) is 11.6. The van der Waals surface area contributed by atoms with Crippen molar-refractivity contribution in [2.45, 2.75) is 45.2 Å². The van der Waals surface area contributed by atoms with E-state index < -0.39 is 11.0 Å². The zero-order chi connectivity index (χ0) is 20.7. The standard InChI is InChI=1S/C18H22N2O.C3H7NOS.Na/c1-14(2)10-20-16(15-8-6-5-7-9-15)17(3,12-19)11-18(20,4)13-21;4-3(5)1-2-6;/h5-9,14,16H,4,10-11H2,1-3H3;6H,1-2H2,(H2,4,5);/q-2;;+1. The topological polar surface area (TPSA) is 87.2 Å². The van der Waals surface area contributed by atoms with Crippen LogP contribution in [0.4, 0.5) is 0 Å². The molecule has 2 rings (SSSR count). The van der Waals surface area contributed by atoms with Gasteiger partial charge in [-0.15, -0.1) is 0 Å². The van der Waals surface area contributed by atoms with Gasteiger partial charge in [0, 0.05) is 12.5 Å². The summed E-state index contributed by atoms with van der Waals surface area (Å²) in [5, 5.41) is 9.70. The number of carbonyl (C=O) groups is 1. The van der Waals surface area contributed by atoms with Crippen LogP contribution in [-0.4, -0.2) is 34.9 Å². The van der Waals surface area contributed by atoms with Gasteiger partial charge in [-0.2, -0.15) is 17.9 Å². The zero-order valence-electron chi connectivity index (χ0n) is 17.3. The van der Waals surface area contributed by atoms with Gasteiger partial charge in [-0.25, -0.2) is 5.54 Å². The van der Waals surface area contributed by atoms with Crippen molar-refractivity contribution in [1.82, 2.24) is 4.90 Å². The van der Waals surface area contributed by atoms with Crippen molar-refractivity contribution >= 4 is 24.8 Å². The van der Waals surface area contributed by atoms with E-state index >= 15 is 0 Å². The van der Waals surface area contributed by atoms with Gasteiger partial charge in [0.15, 0.2) is 0 Å². The quantitative estimate of drug-likeness (QED) is 0.396. The number of thiol groups is 1. The second kappa shape index (κ2) is 12.0. The molecule has 1 aromatic carbocycles. The van der Waals surface area contributed by atoms with Crippen LogP contribution >= 0.6 is 12.6 Å². The van der Waals surface area contributed by atoms with E-state index in [0.717, 1.165) is 12.1 Å². The number of primary amides is 1. The Morgan fingerprint density at radius 1 is 1.46 bits per heavy atom. The summed E-state index contributed by atoms with van der Waals surface area (Å²) < 4.78 is 0. The number of hydrogen-bond acceptors (Lipinski definition) is 5. The zero-order valence-corrected chi connectivity index (χ0v) is 20.2. The molecule has 148 valence electrons. The van der Waals surface area contributed by atoms with Crippen LogP contribution in [0.15, 0.2) is 30.3 Å². The van der Waals surface area contributed by atoms with Gasteiger partial charge < -0.3 is 22.4 Å². The Morgan fingerprint density at radius 2 is 2.04 bits per heavy atom. The van der Waals surface area contributed by atoms with E-state index in [4.69, 9.17) is 5.73 Å². The number of nitriles is 1. The first-order valence-corrected chi connectivity index (χ1v) is 9.63. The number of nitrogens with two attached hydrogens (primary N) is 1. The van der Waals surface area contributed by atoms with Crippen molar-refractivity contribution in [2.75, 3.05) is 12.3 Å². The predicted molar refractivity (Wildman–Crippen MR) is 111 cm³/mol. The second-order valence-corrected chi connectivity index (χ2v) is 8.09. The van der Waals surface area contributed by atoms with Crippen molar-refractivity contribution in [3.8, 4) is 6.07 Å². The second-order valence-electron chi connectivity index (χ2n) is 7.64. The number of likely N-dealkylation sites (tertiary alicyclic amines) is 1. The minimum absolute atomic E-state index is 0. The van der Waals surface area contributed by atoms with Crippen molar-refractivity contribution in [3.05, 3.63) is 42.8 Å². The molecule has 2 N–H and O–H groups in total. The first-order chi connectivity index (χ1) is 12.6. The fraction of sp³-hybridized carbons (Fsp3) is 0.524. The average molecular weight is 411 g/mol. The van der Waals surface area contributed by atoms with Crippen LogP contribution < -0.4 is 35.3 Å². The van der Waals surface area contributed by atoms with Crippen molar-refractivity contribution in [3.63, 3.8) is 0 Å². The molecule has 1 heterocycles. The maximum absolute atomic E-state index is 11.6. The van der Waals surface area contributed by atoms with Crippen LogP contribution in [0.25, 0.3) is 0 Å². The van der Waals surface area contributed by atoms with E-state index in [0.29, 0.717) is 24.5 Å². The fourth-order valence-electron chi connectivity index (χ4n) is 3.56. The first kappa shape index (κ1) is 27.2. The summed E-state index contributed by atoms with van der Waals surface area (Å²) >= 11 is 3.76. The molecule has 1 aromatic rings. The summed E-state index contributed by atoms with van der Waals surface area (Å²) in [5.41, 5.74) is 4.18. The van der Waals surface area contributed by atoms with E-state index in [1.807, 2.05) is 37.3 Å². The predicted octanol–water partition coefficient (Wildman–Crippen LogP) is 0.0975. The van der Waals surface area contributed by atoms with Crippen LogP contribution in [0.3, 0.4) is 0 Å². The van der Waals surface area contributed by atoms with E-state index in [1.165, 1.54) is 0 Å². The van der Waals surface area contributed by atoms with Crippen molar-refractivity contribution in [1.29, 1.82) is 5.26 Å². The SMILES string of the molecule is NC(=O)CCS.[CH2-]C1([C-]=O)CC(C)(C#N)C(c2ccccc2)N1CC(C)C.[Na+]. The molecule has 0 bridgehead atoms. The number of benzene rings is 1. The van der Waals surface area contributed by atoms with Crippen LogP contribution in [0, 0.1) is 29.6 Å². The minimum Gasteiger partial charge on any atom is -0.543 e. The molecule has 3 atom stereocenters. The largest absolute Gasteiger partial charge is 1.00 e. The average Bonchev–Trinajstić information content (AvgIpc) is 2.84. The minimum atomic E-state index is -0.949. The number of amides is 1. The van der Waals surface area contributed by atoms with Crippen LogP contribution in [-0.2, 0) is 9.59 Å². The number of hydrogen-bond donors (Lipinski definition) is 2. The van der Waals surface area contributed by atoms with E-state index in [2.05, 4.69) is 50.7 Å². The molecule has 5 nitrogen and oxygen atoms in total. The summed E-state index contributed by atoms with van der Waals surface area (Å²) in [6.45, 7) is 10.9.